The van der Waals surface area contributed by atoms with Crippen molar-refractivity contribution >= 4 is 28.7 Å². The van der Waals surface area contributed by atoms with Gasteiger partial charge in [0.25, 0.3) is 0 Å². The van der Waals surface area contributed by atoms with E-state index in [9.17, 15) is 4.39 Å². The van der Waals surface area contributed by atoms with Gasteiger partial charge < -0.3 is 11.1 Å². The lowest BCUT2D eigenvalue weighted by Crippen LogP contribution is -1.95. The van der Waals surface area contributed by atoms with Gasteiger partial charge in [0.05, 0.1) is 5.56 Å². The molecule has 3 N–H and O–H groups in total. The van der Waals surface area contributed by atoms with E-state index in [1.807, 2.05) is 6.07 Å². The number of nitrogens with zero attached hydrogens (tertiary/aromatic N) is 1. The summed E-state index contributed by atoms with van der Waals surface area (Å²) < 4.78 is 13.1. The molecule has 0 heterocycles. The van der Waals surface area contributed by atoms with E-state index < -0.39 is 5.82 Å². The predicted octanol–water partition coefficient (Wildman–Crippen LogP) is 3.68. The van der Waals surface area contributed by atoms with E-state index in [1.165, 1.54) is 12.1 Å². The third-order valence-electron chi connectivity index (χ3n) is 2.32. The van der Waals surface area contributed by atoms with Gasteiger partial charge >= 0.3 is 0 Å². The quantitative estimate of drug-likeness (QED) is 0.811. The van der Waals surface area contributed by atoms with Gasteiger partial charge in [-0.1, -0.05) is 11.6 Å². The van der Waals surface area contributed by atoms with Gasteiger partial charge in [0.15, 0.2) is 0 Å². The molecule has 0 saturated carbocycles. The Balaban J connectivity index is 2.31. The summed E-state index contributed by atoms with van der Waals surface area (Å²) in [4.78, 5) is 0. The van der Waals surface area contributed by atoms with Gasteiger partial charge in [-0.3, -0.25) is 0 Å². The lowest BCUT2D eigenvalue weighted by Gasteiger charge is -2.08. The van der Waals surface area contributed by atoms with Crippen LogP contribution in [0.1, 0.15) is 5.56 Å². The van der Waals surface area contributed by atoms with Crippen LogP contribution in [0.2, 0.25) is 5.02 Å². The average molecular weight is 262 g/mol. The van der Waals surface area contributed by atoms with Crippen LogP contribution in [0.5, 0.6) is 0 Å². The third kappa shape index (κ3) is 2.70. The summed E-state index contributed by atoms with van der Waals surface area (Å²) in [6.45, 7) is 0. The molecule has 2 aromatic rings. The Morgan fingerprint density at radius 3 is 2.61 bits per heavy atom. The maximum atomic E-state index is 13.1. The first-order valence-electron chi connectivity index (χ1n) is 5.11. The van der Waals surface area contributed by atoms with Crippen molar-refractivity contribution in [1.29, 1.82) is 5.26 Å². The smallest absolute Gasteiger partial charge is 0.126 e. The van der Waals surface area contributed by atoms with Crippen molar-refractivity contribution in [2.24, 2.45) is 0 Å². The number of nitrogen functional groups attached to an aromatic ring is 1. The number of hydrogen-bond acceptors (Lipinski definition) is 3. The molecule has 2 aromatic carbocycles. The summed E-state index contributed by atoms with van der Waals surface area (Å²) in [5, 5.41) is 12.1. The molecule has 0 aliphatic rings. The Morgan fingerprint density at radius 1 is 1.17 bits per heavy atom. The second-order valence-electron chi connectivity index (χ2n) is 3.70. The summed E-state index contributed by atoms with van der Waals surface area (Å²) >= 11 is 5.75. The fourth-order valence-electron chi connectivity index (χ4n) is 1.52. The second kappa shape index (κ2) is 4.94. The normalized spacial score (nSPS) is 9.83. The largest absolute Gasteiger partial charge is 0.398 e. The lowest BCUT2D eigenvalue weighted by molar-refractivity contribution is 0.628. The highest BCUT2D eigenvalue weighted by Crippen LogP contribution is 2.24. The van der Waals surface area contributed by atoms with Crippen LogP contribution in [-0.2, 0) is 0 Å². The Kier molecular flexibility index (Phi) is 3.35. The van der Waals surface area contributed by atoms with Crippen LogP contribution in [-0.4, -0.2) is 0 Å². The van der Waals surface area contributed by atoms with Gasteiger partial charge in [-0.2, -0.15) is 5.26 Å². The first-order chi connectivity index (χ1) is 8.58. The molecule has 2 rings (SSSR count). The standard InChI is InChI=1S/C13H9ClFN3/c14-9-4-10(15)6-12(5-9)18-11-1-2-13(17)8(3-11)7-16/h1-6,18H,17H2. The summed E-state index contributed by atoms with van der Waals surface area (Å²) in [5.41, 5.74) is 7.53. The molecule has 0 amide bonds. The minimum Gasteiger partial charge on any atom is -0.398 e. The van der Waals surface area contributed by atoms with Gasteiger partial charge in [-0.15, -0.1) is 0 Å². The Morgan fingerprint density at radius 2 is 1.94 bits per heavy atom. The van der Waals surface area contributed by atoms with E-state index in [0.717, 1.165) is 0 Å². The molecule has 0 spiro atoms. The minimum absolute atomic E-state index is 0.299. The third-order valence-corrected chi connectivity index (χ3v) is 2.54. The van der Waals surface area contributed by atoms with Gasteiger partial charge in [-0.05, 0) is 36.4 Å². The van der Waals surface area contributed by atoms with Crippen molar-refractivity contribution in [2.45, 2.75) is 0 Å². The van der Waals surface area contributed by atoms with E-state index in [-0.39, 0.29) is 0 Å². The molecule has 0 radical (unpaired) electrons. The number of halogens is 2. The van der Waals surface area contributed by atoms with Crippen molar-refractivity contribution in [2.75, 3.05) is 11.1 Å². The van der Waals surface area contributed by atoms with E-state index in [4.69, 9.17) is 22.6 Å². The summed E-state index contributed by atoms with van der Waals surface area (Å²) in [6, 6.07) is 11.0. The SMILES string of the molecule is N#Cc1cc(Nc2cc(F)cc(Cl)c2)ccc1N. The maximum Gasteiger partial charge on any atom is 0.126 e. The molecule has 0 aliphatic carbocycles. The zero-order chi connectivity index (χ0) is 13.1. The molecular weight excluding hydrogens is 253 g/mol. The summed E-state index contributed by atoms with van der Waals surface area (Å²) in [5.74, 6) is -0.430. The molecule has 18 heavy (non-hydrogen) atoms. The Bertz CT molecular complexity index is 614. The van der Waals surface area contributed by atoms with Crippen LogP contribution in [0.3, 0.4) is 0 Å². The number of nitrogens with one attached hydrogen (secondary N) is 1. The monoisotopic (exact) mass is 261 g/mol. The van der Waals surface area contributed by atoms with Crippen LogP contribution in [0.25, 0.3) is 0 Å². The van der Waals surface area contributed by atoms with Crippen molar-refractivity contribution in [3.05, 3.63) is 52.8 Å². The zero-order valence-corrected chi connectivity index (χ0v) is 10.0. The van der Waals surface area contributed by atoms with E-state index in [1.54, 1.807) is 24.3 Å². The fraction of sp³-hybridized carbons (Fsp3) is 0. The van der Waals surface area contributed by atoms with Gasteiger partial charge in [-0.25, -0.2) is 4.39 Å². The Hall–Kier alpha value is -2.25. The molecule has 0 aromatic heterocycles. The van der Waals surface area contributed by atoms with Crippen molar-refractivity contribution in [3.63, 3.8) is 0 Å². The second-order valence-corrected chi connectivity index (χ2v) is 4.13. The molecule has 0 fully saturated rings. The van der Waals surface area contributed by atoms with Gasteiger partial charge in [0, 0.05) is 22.1 Å². The van der Waals surface area contributed by atoms with Crippen LogP contribution >= 0.6 is 11.6 Å². The number of rotatable bonds is 2. The molecule has 0 bridgehead atoms. The molecule has 3 nitrogen and oxygen atoms in total. The molecule has 0 atom stereocenters. The minimum atomic E-state index is -0.430. The number of hydrogen-bond donors (Lipinski definition) is 2. The molecular formula is C13H9ClFN3. The fourth-order valence-corrected chi connectivity index (χ4v) is 1.75. The molecule has 0 aliphatic heterocycles. The number of nitrogens with two attached hydrogens (primary N) is 1. The van der Waals surface area contributed by atoms with Crippen LogP contribution < -0.4 is 11.1 Å². The predicted molar refractivity (Wildman–Crippen MR) is 70.3 cm³/mol. The number of nitriles is 1. The molecule has 5 heteroatoms. The molecule has 0 saturated heterocycles. The highest BCUT2D eigenvalue weighted by Gasteiger charge is 2.03. The topological polar surface area (TPSA) is 61.8 Å². The van der Waals surface area contributed by atoms with Gasteiger partial charge in [0.2, 0.25) is 0 Å². The highest BCUT2D eigenvalue weighted by atomic mass is 35.5. The van der Waals surface area contributed by atoms with E-state index in [2.05, 4.69) is 5.32 Å². The first-order valence-corrected chi connectivity index (χ1v) is 5.49. The van der Waals surface area contributed by atoms with Gasteiger partial charge in [0.1, 0.15) is 11.9 Å². The van der Waals surface area contributed by atoms with E-state index >= 15 is 0 Å². The van der Waals surface area contributed by atoms with Crippen LogP contribution in [0.15, 0.2) is 36.4 Å². The average Bonchev–Trinajstić information content (AvgIpc) is 2.30. The van der Waals surface area contributed by atoms with E-state index in [0.29, 0.717) is 27.6 Å². The molecule has 90 valence electrons. The highest BCUT2D eigenvalue weighted by molar-refractivity contribution is 6.30. The molecule has 0 unspecified atom stereocenters. The Labute approximate surface area is 109 Å². The van der Waals surface area contributed by atoms with Crippen molar-refractivity contribution in [3.8, 4) is 6.07 Å². The number of benzene rings is 2. The summed E-state index contributed by atoms with van der Waals surface area (Å²) in [6.07, 6.45) is 0. The maximum absolute atomic E-state index is 13.1. The number of anilines is 3. The first kappa shape index (κ1) is 12.2. The van der Waals surface area contributed by atoms with Crippen LogP contribution in [0.4, 0.5) is 21.5 Å². The van der Waals surface area contributed by atoms with Crippen molar-refractivity contribution in [1.82, 2.24) is 0 Å². The zero-order valence-electron chi connectivity index (χ0n) is 9.24. The lowest BCUT2D eigenvalue weighted by atomic mass is 10.1. The summed E-state index contributed by atoms with van der Waals surface area (Å²) in [7, 11) is 0. The van der Waals surface area contributed by atoms with Crippen molar-refractivity contribution < 1.29 is 4.39 Å². The van der Waals surface area contributed by atoms with Crippen LogP contribution in [0, 0.1) is 17.1 Å².